The molecule has 33 heavy (non-hydrogen) atoms. The first-order chi connectivity index (χ1) is 15.6. The van der Waals surface area contributed by atoms with Gasteiger partial charge in [-0.2, -0.15) is 0 Å². The van der Waals surface area contributed by atoms with Crippen LogP contribution in [0.1, 0.15) is 46.3 Å². The SMILES string of the molecule is C.O=C(NCc1nccs1)c1ccc([C@@H]2C[C@H]2C(=O)Cc2ccc3cncc(Cl)c3c2)cc1. The van der Waals surface area contributed by atoms with Crippen LogP contribution < -0.4 is 5.32 Å². The number of carbonyl (C=O) groups excluding carboxylic acids is 2. The lowest BCUT2D eigenvalue weighted by Crippen LogP contribution is -2.22. The maximum Gasteiger partial charge on any atom is 0.251 e. The molecule has 1 amide bonds. The second kappa shape index (κ2) is 9.81. The van der Waals surface area contributed by atoms with Gasteiger partial charge in [-0.1, -0.05) is 43.3 Å². The van der Waals surface area contributed by atoms with Gasteiger partial charge in [0.1, 0.15) is 10.8 Å². The largest absolute Gasteiger partial charge is 0.346 e. The summed E-state index contributed by atoms with van der Waals surface area (Å²) < 4.78 is 0. The van der Waals surface area contributed by atoms with Crippen LogP contribution in [-0.4, -0.2) is 21.7 Å². The van der Waals surface area contributed by atoms with Gasteiger partial charge in [0.25, 0.3) is 5.91 Å². The molecule has 1 saturated carbocycles. The zero-order valence-corrected chi connectivity index (χ0v) is 18.7. The van der Waals surface area contributed by atoms with E-state index in [1.165, 1.54) is 11.3 Å². The van der Waals surface area contributed by atoms with Crippen LogP contribution in [0.3, 0.4) is 0 Å². The molecule has 0 radical (unpaired) electrons. The number of thiazole rings is 1. The Morgan fingerprint density at radius 1 is 1.12 bits per heavy atom. The highest BCUT2D eigenvalue weighted by Gasteiger charge is 2.43. The first-order valence-corrected chi connectivity index (χ1v) is 11.7. The lowest BCUT2D eigenvalue weighted by Gasteiger charge is -2.06. The molecule has 5 nitrogen and oxygen atoms in total. The van der Waals surface area contributed by atoms with Gasteiger partial charge in [0.05, 0.1) is 11.6 Å². The average molecular weight is 478 g/mol. The predicted molar refractivity (Wildman–Crippen MR) is 133 cm³/mol. The summed E-state index contributed by atoms with van der Waals surface area (Å²) in [6.07, 6.45) is 6.36. The Hall–Kier alpha value is -3.09. The Bertz CT molecular complexity index is 1290. The number of hydrogen-bond acceptors (Lipinski definition) is 5. The minimum atomic E-state index is -0.125. The van der Waals surface area contributed by atoms with E-state index in [-0.39, 0.29) is 31.0 Å². The van der Waals surface area contributed by atoms with Gasteiger partial charge >= 0.3 is 0 Å². The van der Waals surface area contributed by atoms with E-state index in [1.807, 2.05) is 47.8 Å². The molecule has 1 fully saturated rings. The van der Waals surface area contributed by atoms with Gasteiger partial charge in [0.15, 0.2) is 0 Å². The number of amides is 1. The van der Waals surface area contributed by atoms with Crippen molar-refractivity contribution >= 4 is 45.4 Å². The average Bonchev–Trinajstić information content (AvgIpc) is 3.45. The molecule has 1 aliphatic carbocycles. The van der Waals surface area contributed by atoms with Gasteiger partial charge in [-0.05, 0) is 41.7 Å². The van der Waals surface area contributed by atoms with Gasteiger partial charge in [0, 0.05) is 52.6 Å². The van der Waals surface area contributed by atoms with Crippen molar-refractivity contribution in [2.45, 2.75) is 32.7 Å². The Morgan fingerprint density at radius 3 is 2.70 bits per heavy atom. The number of fused-ring (bicyclic) bond motifs is 1. The van der Waals surface area contributed by atoms with Crippen LogP contribution in [-0.2, 0) is 17.8 Å². The number of benzene rings is 2. The molecule has 0 spiro atoms. The summed E-state index contributed by atoms with van der Waals surface area (Å²) in [4.78, 5) is 33.4. The molecular weight excluding hydrogens is 454 g/mol. The molecule has 1 aliphatic rings. The van der Waals surface area contributed by atoms with Crippen molar-refractivity contribution in [3.63, 3.8) is 0 Å². The van der Waals surface area contributed by atoms with Crippen LogP contribution in [0, 0.1) is 5.92 Å². The van der Waals surface area contributed by atoms with Crippen molar-refractivity contribution in [3.05, 3.63) is 93.2 Å². The number of ketones is 1. The Balaban J connectivity index is 0.00000259. The van der Waals surface area contributed by atoms with Gasteiger partial charge < -0.3 is 5.32 Å². The molecule has 2 aromatic heterocycles. The van der Waals surface area contributed by atoms with Crippen LogP contribution >= 0.6 is 22.9 Å². The molecule has 2 heterocycles. The van der Waals surface area contributed by atoms with Crippen molar-refractivity contribution in [2.24, 2.45) is 5.92 Å². The number of hydrogen-bond donors (Lipinski definition) is 1. The van der Waals surface area contributed by atoms with Crippen molar-refractivity contribution in [2.75, 3.05) is 0 Å². The molecule has 7 heteroatoms. The zero-order chi connectivity index (χ0) is 22.1. The number of carbonyl (C=O) groups is 2. The molecule has 0 saturated heterocycles. The molecule has 0 bridgehead atoms. The highest BCUT2D eigenvalue weighted by molar-refractivity contribution is 7.09. The summed E-state index contributed by atoms with van der Waals surface area (Å²) in [6, 6.07) is 13.5. The van der Waals surface area contributed by atoms with Crippen LogP contribution in [0.25, 0.3) is 10.8 Å². The second-order valence-corrected chi connectivity index (χ2v) is 9.39. The van der Waals surface area contributed by atoms with Crippen molar-refractivity contribution < 1.29 is 9.59 Å². The first-order valence-electron chi connectivity index (χ1n) is 10.4. The summed E-state index contributed by atoms with van der Waals surface area (Å²) in [5.41, 5.74) is 2.68. The third-order valence-corrected chi connectivity index (χ3v) is 6.92. The quantitative estimate of drug-likeness (QED) is 0.363. The van der Waals surface area contributed by atoms with Crippen LogP contribution in [0.15, 0.2) is 66.4 Å². The number of pyridine rings is 1. The third-order valence-electron chi connectivity index (χ3n) is 5.84. The highest BCUT2D eigenvalue weighted by atomic mass is 35.5. The molecular formula is C26H24ClN3O2S. The first kappa shape index (κ1) is 23.1. The zero-order valence-electron chi connectivity index (χ0n) is 17.1. The van der Waals surface area contributed by atoms with Crippen LogP contribution in [0.2, 0.25) is 5.02 Å². The van der Waals surface area contributed by atoms with E-state index in [0.717, 1.165) is 33.3 Å². The van der Waals surface area contributed by atoms with Gasteiger partial charge in [0.2, 0.25) is 0 Å². The molecule has 2 atom stereocenters. The molecule has 2 aromatic carbocycles. The standard InChI is InChI=1S/C25H20ClN3O2S.CH4/c26-22-13-27-12-18-2-1-15(9-20(18)22)10-23(30)21-11-19(21)16-3-5-17(6-4-16)25(31)29-14-24-28-7-8-32-24;/h1-9,12-13,19,21H,10-11,14H2,(H,29,31);1H4/t19-,21+;/m0./s1. The van der Waals surface area contributed by atoms with Gasteiger partial charge in [-0.3, -0.25) is 14.6 Å². The molecule has 5 rings (SSSR count). The van der Waals surface area contributed by atoms with E-state index < -0.39 is 0 Å². The van der Waals surface area contributed by atoms with Crippen molar-refractivity contribution in [3.8, 4) is 0 Å². The minimum Gasteiger partial charge on any atom is -0.346 e. The Kier molecular flexibility index (Phi) is 6.86. The van der Waals surface area contributed by atoms with E-state index in [2.05, 4.69) is 15.3 Å². The van der Waals surface area contributed by atoms with Crippen LogP contribution in [0.5, 0.6) is 0 Å². The number of aromatic nitrogens is 2. The summed E-state index contributed by atoms with van der Waals surface area (Å²) >= 11 is 7.76. The van der Waals surface area contributed by atoms with Gasteiger partial charge in [-0.25, -0.2) is 4.98 Å². The van der Waals surface area contributed by atoms with E-state index in [9.17, 15) is 9.59 Å². The lowest BCUT2D eigenvalue weighted by molar-refractivity contribution is -0.119. The molecule has 0 unspecified atom stereocenters. The topological polar surface area (TPSA) is 72.0 Å². The fourth-order valence-corrected chi connectivity index (χ4v) is 4.79. The molecule has 0 aliphatic heterocycles. The molecule has 4 aromatic rings. The van der Waals surface area contributed by atoms with Gasteiger partial charge in [-0.15, -0.1) is 11.3 Å². The van der Waals surface area contributed by atoms with E-state index in [4.69, 9.17) is 11.6 Å². The van der Waals surface area contributed by atoms with Crippen LogP contribution in [0.4, 0.5) is 0 Å². The summed E-state index contributed by atoms with van der Waals surface area (Å²) in [5, 5.41) is 8.12. The third kappa shape index (κ3) is 5.13. The number of nitrogens with zero attached hydrogens (tertiary/aromatic N) is 2. The number of rotatable bonds is 7. The van der Waals surface area contributed by atoms with E-state index in [0.29, 0.717) is 23.6 Å². The summed E-state index contributed by atoms with van der Waals surface area (Å²) in [5.74, 6) is 0.372. The number of halogens is 1. The van der Waals surface area contributed by atoms with Crippen molar-refractivity contribution in [1.82, 2.24) is 15.3 Å². The number of Topliss-reactive ketones (excluding diaryl/α,β-unsaturated/α-hetero) is 1. The smallest absolute Gasteiger partial charge is 0.251 e. The number of nitrogens with one attached hydrogen (secondary N) is 1. The van der Waals surface area contributed by atoms with E-state index >= 15 is 0 Å². The summed E-state index contributed by atoms with van der Waals surface area (Å²) in [6.45, 7) is 0.425. The minimum absolute atomic E-state index is 0. The lowest BCUT2D eigenvalue weighted by atomic mass is 10.00. The van der Waals surface area contributed by atoms with E-state index in [1.54, 1.807) is 18.6 Å². The monoisotopic (exact) mass is 477 g/mol. The highest BCUT2D eigenvalue weighted by Crippen LogP contribution is 2.48. The predicted octanol–water partition coefficient (Wildman–Crippen LogP) is 5.83. The maximum absolute atomic E-state index is 12.8. The normalized spacial score (nSPS) is 16.8. The Labute approximate surface area is 201 Å². The summed E-state index contributed by atoms with van der Waals surface area (Å²) in [7, 11) is 0. The maximum atomic E-state index is 12.8. The van der Waals surface area contributed by atoms with Crippen molar-refractivity contribution in [1.29, 1.82) is 0 Å². The Morgan fingerprint density at radius 2 is 1.94 bits per heavy atom. The molecule has 168 valence electrons. The fourth-order valence-electron chi connectivity index (χ4n) is 4.02. The molecule has 1 N–H and O–H groups in total. The second-order valence-electron chi connectivity index (χ2n) is 8.00. The fraction of sp³-hybridized carbons (Fsp3) is 0.231.